The second-order valence-electron chi connectivity index (χ2n) is 3.87. The lowest BCUT2D eigenvalue weighted by atomic mass is 10.2. The van der Waals surface area contributed by atoms with Crippen molar-refractivity contribution in [2.45, 2.75) is 0 Å². The lowest BCUT2D eigenvalue weighted by Crippen LogP contribution is -1.80. The third-order valence-corrected chi connectivity index (χ3v) is 3.14. The maximum Gasteiger partial charge on any atom is 0.141 e. The Morgan fingerprint density at radius 1 is 1.06 bits per heavy atom. The van der Waals surface area contributed by atoms with Gasteiger partial charge in [-0.1, -0.05) is 23.2 Å². The summed E-state index contributed by atoms with van der Waals surface area (Å²) in [7, 11) is 0. The fourth-order valence-corrected chi connectivity index (χ4v) is 2.11. The molecule has 3 aromatic rings. The molecule has 0 saturated heterocycles. The molecule has 2 aromatic heterocycles. The molecule has 5 heteroatoms. The van der Waals surface area contributed by atoms with E-state index in [1.807, 2.05) is 16.7 Å². The lowest BCUT2D eigenvalue weighted by Gasteiger charge is -1.97. The molecule has 0 spiro atoms. The predicted octanol–water partition coefficient (Wildman–Crippen LogP) is 4.45. The zero-order chi connectivity index (χ0) is 12.7. The summed E-state index contributed by atoms with van der Waals surface area (Å²) in [6.07, 6.45) is 3.59. The Morgan fingerprint density at radius 3 is 2.67 bits per heavy atom. The van der Waals surface area contributed by atoms with Crippen LogP contribution in [0.2, 0.25) is 10.0 Å². The number of halogens is 3. The van der Waals surface area contributed by atoms with Crippen LogP contribution in [0.5, 0.6) is 0 Å². The molecule has 1 aromatic carbocycles. The van der Waals surface area contributed by atoms with E-state index in [1.165, 1.54) is 6.07 Å². The van der Waals surface area contributed by atoms with Crippen LogP contribution < -0.4 is 0 Å². The molecule has 90 valence electrons. The molecular formula is C13H7Cl2FN2. The summed E-state index contributed by atoms with van der Waals surface area (Å²) in [5.41, 5.74) is 2.26. The van der Waals surface area contributed by atoms with Crippen LogP contribution in [0.15, 0.2) is 42.7 Å². The van der Waals surface area contributed by atoms with Crippen molar-refractivity contribution in [1.29, 1.82) is 0 Å². The van der Waals surface area contributed by atoms with E-state index < -0.39 is 5.82 Å². The number of benzene rings is 1. The molecule has 18 heavy (non-hydrogen) atoms. The second-order valence-corrected chi connectivity index (χ2v) is 4.71. The van der Waals surface area contributed by atoms with Gasteiger partial charge in [-0.15, -0.1) is 0 Å². The minimum absolute atomic E-state index is 0.0857. The molecular weight excluding hydrogens is 274 g/mol. The van der Waals surface area contributed by atoms with E-state index in [0.29, 0.717) is 5.02 Å². The molecule has 0 bridgehead atoms. The van der Waals surface area contributed by atoms with Gasteiger partial charge in [0.05, 0.1) is 15.7 Å². The first-order valence-electron chi connectivity index (χ1n) is 5.23. The number of nitrogens with zero attached hydrogens (tertiary/aromatic N) is 2. The highest BCUT2D eigenvalue weighted by Crippen LogP contribution is 2.25. The zero-order valence-corrected chi connectivity index (χ0v) is 10.6. The average Bonchev–Trinajstić information content (AvgIpc) is 2.75. The fraction of sp³-hybridized carbons (Fsp3) is 0. The summed E-state index contributed by atoms with van der Waals surface area (Å²) in [5, 5.41) is 0.714. The largest absolute Gasteiger partial charge is 0.305 e. The average molecular weight is 281 g/mol. The number of aromatic nitrogens is 2. The van der Waals surface area contributed by atoms with Gasteiger partial charge in [0.15, 0.2) is 0 Å². The number of fused-ring (bicyclic) bond motifs is 1. The highest BCUT2D eigenvalue weighted by atomic mass is 35.5. The highest BCUT2D eigenvalue weighted by molar-refractivity contribution is 6.31. The third-order valence-electron chi connectivity index (χ3n) is 2.63. The molecule has 0 unspecified atom stereocenters. The smallest absolute Gasteiger partial charge is 0.141 e. The molecule has 0 aliphatic heterocycles. The topological polar surface area (TPSA) is 17.3 Å². The maximum absolute atomic E-state index is 13.1. The summed E-state index contributed by atoms with van der Waals surface area (Å²) >= 11 is 11.7. The van der Waals surface area contributed by atoms with Crippen LogP contribution in [0.3, 0.4) is 0 Å². The third kappa shape index (κ3) is 1.96. The number of hydrogen-bond donors (Lipinski definition) is 0. The van der Waals surface area contributed by atoms with E-state index in [-0.39, 0.29) is 5.02 Å². The van der Waals surface area contributed by atoms with E-state index in [0.717, 1.165) is 16.9 Å². The molecule has 0 N–H and O–H groups in total. The first-order valence-corrected chi connectivity index (χ1v) is 5.99. The van der Waals surface area contributed by atoms with Crippen molar-refractivity contribution < 1.29 is 4.39 Å². The first kappa shape index (κ1) is 11.5. The fourth-order valence-electron chi connectivity index (χ4n) is 1.76. The van der Waals surface area contributed by atoms with Crippen LogP contribution >= 0.6 is 23.2 Å². The van der Waals surface area contributed by atoms with Gasteiger partial charge in [-0.2, -0.15) is 0 Å². The SMILES string of the molecule is Fc1ccc(-c2cn3cc(Cl)ccc3n2)cc1Cl. The minimum atomic E-state index is -0.438. The van der Waals surface area contributed by atoms with E-state index in [4.69, 9.17) is 23.2 Å². The van der Waals surface area contributed by atoms with Crippen LogP contribution in [0, 0.1) is 5.82 Å². The Balaban J connectivity index is 2.16. The van der Waals surface area contributed by atoms with Crippen LogP contribution in [0.25, 0.3) is 16.9 Å². The van der Waals surface area contributed by atoms with Crippen molar-refractivity contribution >= 4 is 28.8 Å². The Hall–Kier alpha value is -1.58. The maximum atomic E-state index is 13.1. The Bertz CT molecular complexity index is 737. The molecule has 0 aliphatic carbocycles. The van der Waals surface area contributed by atoms with Gasteiger partial charge < -0.3 is 4.40 Å². The van der Waals surface area contributed by atoms with Gasteiger partial charge >= 0.3 is 0 Å². The van der Waals surface area contributed by atoms with Crippen LogP contribution in [0.4, 0.5) is 4.39 Å². The Morgan fingerprint density at radius 2 is 1.89 bits per heavy atom. The first-order chi connectivity index (χ1) is 8.63. The molecule has 2 heterocycles. The lowest BCUT2D eigenvalue weighted by molar-refractivity contribution is 0.628. The normalized spacial score (nSPS) is 11.1. The number of imidazole rings is 1. The van der Waals surface area contributed by atoms with E-state index in [1.54, 1.807) is 24.4 Å². The predicted molar refractivity (Wildman–Crippen MR) is 70.6 cm³/mol. The summed E-state index contributed by atoms with van der Waals surface area (Å²) in [4.78, 5) is 4.42. The summed E-state index contributed by atoms with van der Waals surface area (Å²) in [6, 6.07) is 8.11. The van der Waals surface area contributed by atoms with Crippen molar-refractivity contribution in [2.75, 3.05) is 0 Å². The standard InChI is InChI=1S/C13H7Cl2FN2/c14-9-2-4-13-17-12(7-18(13)6-9)8-1-3-11(16)10(15)5-8/h1-7H. The van der Waals surface area contributed by atoms with Gasteiger partial charge in [-0.05, 0) is 30.3 Å². The second kappa shape index (κ2) is 4.26. The van der Waals surface area contributed by atoms with Crippen LogP contribution in [0.1, 0.15) is 0 Å². The number of hydrogen-bond acceptors (Lipinski definition) is 1. The number of rotatable bonds is 1. The molecule has 3 rings (SSSR count). The molecule has 0 radical (unpaired) electrons. The Kier molecular flexibility index (Phi) is 2.73. The highest BCUT2D eigenvalue weighted by Gasteiger charge is 2.07. The van der Waals surface area contributed by atoms with Crippen LogP contribution in [-0.4, -0.2) is 9.38 Å². The van der Waals surface area contributed by atoms with Gasteiger partial charge in [0, 0.05) is 18.0 Å². The molecule has 0 saturated carbocycles. The zero-order valence-electron chi connectivity index (χ0n) is 9.07. The monoisotopic (exact) mass is 280 g/mol. The quantitative estimate of drug-likeness (QED) is 0.644. The molecule has 2 nitrogen and oxygen atoms in total. The van der Waals surface area contributed by atoms with E-state index >= 15 is 0 Å². The van der Waals surface area contributed by atoms with Crippen LogP contribution in [-0.2, 0) is 0 Å². The van der Waals surface area contributed by atoms with Crippen molar-refractivity contribution in [1.82, 2.24) is 9.38 Å². The van der Waals surface area contributed by atoms with Gasteiger partial charge in [0.2, 0.25) is 0 Å². The summed E-state index contributed by atoms with van der Waals surface area (Å²) < 4.78 is 14.9. The Labute approximate surface area is 113 Å². The molecule has 0 amide bonds. The summed E-state index contributed by atoms with van der Waals surface area (Å²) in [6.45, 7) is 0. The van der Waals surface area contributed by atoms with Crippen molar-refractivity contribution in [2.24, 2.45) is 0 Å². The van der Waals surface area contributed by atoms with Gasteiger partial charge in [-0.25, -0.2) is 9.37 Å². The van der Waals surface area contributed by atoms with Crippen molar-refractivity contribution in [3.05, 3.63) is 58.6 Å². The van der Waals surface area contributed by atoms with Crippen molar-refractivity contribution in [3.63, 3.8) is 0 Å². The number of pyridine rings is 1. The van der Waals surface area contributed by atoms with E-state index in [9.17, 15) is 4.39 Å². The minimum Gasteiger partial charge on any atom is -0.305 e. The molecule has 0 aliphatic rings. The molecule has 0 fully saturated rings. The van der Waals surface area contributed by atoms with Gasteiger partial charge in [0.25, 0.3) is 0 Å². The summed E-state index contributed by atoms with van der Waals surface area (Å²) in [5.74, 6) is -0.438. The van der Waals surface area contributed by atoms with E-state index in [2.05, 4.69) is 4.98 Å². The van der Waals surface area contributed by atoms with Gasteiger partial charge in [-0.3, -0.25) is 0 Å². The molecule has 0 atom stereocenters. The van der Waals surface area contributed by atoms with Gasteiger partial charge in [0.1, 0.15) is 11.5 Å². The van der Waals surface area contributed by atoms with Crippen molar-refractivity contribution in [3.8, 4) is 11.3 Å².